The van der Waals surface area contributed by atoms with Crippen molar-refractivity contribution in [2.45, 2.75) is 38.1 Å². The topological polar surface area (TPSA) is 94.5 Å². The molecule has 1 amide bonds. The van der Waals surface area contributed by atoms with Crippen molar-refractivity contribution >= 4 is 5.91 Å². The molecule has 2 fully saturated rings. The molecule has 8 heteroatoms. The molecule has 1 aromatic carbocycles. The summed E-state index contributed by atoms with van der Waals surface area (Å²) in [4.78, 5) is 15.7. The van der Waals surface area contributed by atoms with Crippen molar-refractivity contribution < 1.29 is 24.5 Å². The SMILES string of the molecule is CC(=O)N[C@@H]1C[C@@H](O)CN(Cc2ccc(OCCN3CCOCC3)cc2)C[C@H]1O. The number of amides is 1. The number of morpholine rings is 1. The molecule has 0 saturated carbocycles. The standard InChI is InChI=1S/C21H33N3O5/c1-16(25)22-20-12-18(26)14-24(15-21(20)27)13-17-2-4-19(5-3-17)29-11-8-23-6-9-28-10-7-23/h2-5,18,20-21,26-27H,6-15H2,1H3,(H,22,25)/t18-,20-,21-/m1/s1. The average Bonchev–Trinajstić information content (AvgIpc) is 2.81. The quantitative estimate of drug-likeness (QED) is 0.578. The molecule has 162 valence electrons. The first-order chi connectivity index (χ1) is 14.0. The highest BCUT2D eigenvalue weighted by Gasteiger charge is 2.30. The Morgan fingerprint density at radius 2 is 1.90 bits per heavy atom. The Balaban J connectivity index is 1.46. The number of hydrogen-bond acceptors (Lipinski definition) is 7. The minimum atomic E-state index is -0.709. The number of benzene rings is 1. The van der Waals surface area contributed by atoms with E-state index >= 15 is 0 Å². The number of carbonyl (C=O) groups excluding carboxylic acids is 1. The van der Waals surface area contributed by atoms with Crippen molar-refractivity contribution in [3.8, 4) is 5.75 Å². The smallest absolute Gasteiger partial charge is 0.217 e. The molecule has 8 nitrogen and oxygen atoms in total. The molecule has 3 atom stereocenters. The van der Waals surface area contributed by atoms with Gasteiger partial charge in [-0.3, -0.25) is 14.6 Å². The van der Waals surface area contributed by atoms with E-state index in [0.29, 0.717) is 32.7 Å². The Morgan fingerprint density at radius 3 is 2.59 bits per heavy atom. The number of carbonyl (C=O) groups is 1. The number of ether oxygens (including phenoxy) is 2. The van der Waals surface area contributed by atoms with E-state index in [1.54, 1.807) is 0 Å². The summed E-state index contributed by atoms with van der Waals surface area (Å²) in [6.45, 7) is 7.95. The third kappa shape index (κ3) is 7.24. The number of rotatable bonds is 7. The molecular weight excluding hydrogens is 374 g/mol. The van der Waals surface area contributed by atoms with Gasteiger partial charge in [-0.25, -0.2) is 0 Å². The maximum atomic E-state index is 11.3. The highest BCUT2D eigenvalue weighted by molar-refractivity contribution is 5.73. The summed E-state index contributed by atoms with van der Waals surface area (Å²) < 4.78 is 11.2. The molecule has 0 aromatic heterocycles. The molecule has 2 heterocycles. The van der Waals surface area contributed by atoms with E-state index in [-0.39, 0.29) is 5.91 Å². The maximum absolute atomic E-state index is 11.3. The predicted octanol–water partition coefficient (Wildman–Crippen LogP) is -0.170. The van der Waals surface area contributed by atoms with E-state index in [1.807, 2.05) is 29.2 Å². The second-order valence-corrected chi connectivity index (χ2v) is 7.90. The number of aliphatic hydroxyl groups excluding tert-OH is 2. The van der Waals surface area contributed by atoms with Crippen molar-refractivity contribution in [1.29, 1.82) is 0 Å². The molecule has 3 rings (SSSR count). The summed E-state index contributed by atoms with van der Waals surface area (Å²) >= 11 is 0. The lowest BCUT2D eigenvalue weighted by Gasteiger charge is -2.26. The van der Waals surface area contributed by atoms with E-state index in [4.69, 9.17) is 9.47 Å². The van der Waals surface area contributed by atoms with Gasteiger partial charge in [0.1, 0.15) is 12.4 Å². The third-order valence-electron chi connectivity index (χ3n) is 5.40. The minimum absolute atomic E-state index is 0.195. The van der Waals surface area contributed by atoms with Crippen LogP contribution in [0.25, 0.3) is 0 Å². The summed E-state index contributed by atoms with van der Waals surface area (Å²) in [5, 5.41) is 23.4. The zero-order valence-corrected chi connectivity index (χ0v) is 17.1. The summed E-state index contributed by atoms with van der Waals surface area (Å²) in [6.07, 6.45) is -0.946. The van der Waals surface area contributed by atoms with Gasteiger partial charge in [-0.1, -0.05) is 12.1 Å². The van der Waals surface area contributed by atoms with E-state index in [0.717, 1.165) is 44.2 Å². The van der Waals surface area contributed by atoms with E-state index < -0.39 is 18.2 Å². The fourth-order valence-corrected chi connectivity index (χ4v) is 3.90. The zero-order valence-electron chi connectivity index (χ0n) is 17.1. The molecule has 0 aliphatic carbocycles. The molecule has 29 heavy (non-hydrogen) atoms. The fourth-order valence-electron chi connectivity index (χ4n) is 3.90. The molecule has 2 aliphatic rings. The molecule has 1 aromatic rings. The number of nitrogens with zero attached hydrogens (tertiary/aromatic N) is 2. The van der Waals surface area contributed by atoms with Crippen LogP contribution in [0.2, 0.25) is 0 Å². The maximum Gasteiger partial charge on any atom is 0.217 e. The normalized spacial score (nSPS) is 26.7. The number of likely N-dealkylation sites (tertiary alicyclic amines) is 1. The van der Waals surface area contributed by atoms with Gasteiger partial charge in [-0.15, -0.1) is 0 Å². The number of β-amino-alcohol motifs (C(OH)–C–C–N with tert-alkyl or cyclic N) is 2. The van der Waals surface area contributed by atoms with Crippen LogP contribution in [0.3, 0.4) is 0 Å². The van der Waals surface area contributed by atoms with Crippen LogP contribution in [0, 0.1) is 0 Å². The van der Waals surface area contributed by atoms with Gasteiger partial charge >= 0.3 is 0 Å². The van der Waals surface area contributed by atoms with Crippen LogP contribution in [0.5, 0.6) is 5.75 Å². The van der Waals surface area contributed by atoms with Crippen LogP contribution in [0.15, 0.2) is 24.3 Å². The minimum Gasteiger partial charge on any atom is -0.492 e. The molecule has 0 unspecified atom stereocenters. The molecule has 2 saturated heterocycles. The first-order valence-electron chi connectivity index (χ1n) is 10.4. The van der Waals surface area contributed by atoms with Crippen LogP contribution in [0.1, 0.15) is 18.9 Å². The van der Waals surface area contributed by atoms with Crippen LogP contribution >= 0.6 is 0 Å². The van der Waals surface area contributed by atoms with Crippen LogP contribution in [-0.2, 0) is 16.1 Å². The third-order valence-corrected chi connectivity index (χ3v) is 5.40. The first-order valence-corrected chi connectivity index (χ1v) is 10.4. The summed E-state index contributed by atoms with van der Waals surface area (Å²) in [6, 6.07) is 7.52. The summed E-state index contributed by atoms with van der Waals surface area (Å²) in [5.41, 5.74) is 1.09. The van der Waals surface area contributed by atoms with Gasteiger partial charge < -0.3 is 25.0 Å². The number of nitrogens with one attached hydrogen (secondary N) is 1. The van der Waals surface area contributed by atoms with Crippen LogP contribution < -0.4 is 10.1 Å². The monoisotopic (exact) mass is 407 g/mol. The number of hydrogen-bond donors (Lipinski definition) is 3. The lowest BCUT2D eigenvalue weighted by molar-refractivity contribution is -0.120. The van der Waals surface area contributed by atoms with Gasteiger partial charge in [0, 0.05) is 46.2 Å². The second kappa shape index (κ2) is 10.9. The van der Waals surface area contributed by atoms with E-state index in [9.17, 15) is 15.0 Å². The van der Waals surface area contributed by atoms with Gasteiger partial charge in [-0.05, 0) is 24.1 Å². The Morgan fingerprint density at radius 1 is 1.17 bits per heavy atom. The Hall–Kier alpha value is -1.71. The Bertz CT molecular complexity index is 636. The van der Waals surface area contributed by atoms with Crippen molar-refractivity contribution in [3.63, 3.8) is 0 Å². The highest BCUT2D eigenvalue weighted by atomic mass is 16.5. The van der Waals surface area contributed by atoms with Crippen molar-refractivity contribution in [3.05, 3.63) is 29.8 Å². The van der Waals surface area contributed by atoms with Gasteiger partial charge in [-0.2, -0.15) is 0 Å². The second-order valence-electron chi connectivity index (χ2n) is 7.90. The molecule has 0 radical (unpaired) electrons. The van der Waals surface area contributed by atoms with Gasteiger partial charge in [0.05, 0.1) is 31.5 Å². The molecule has 2 aliphatic heterocycles. The zero-order chi connectivity index (χ0) is 20.6. The molecular formula is C21H33N3O5. The summed E-state index contributed by atoms with van der Waals surface area (Å²) in [5.74, 6) is 0.641. The lowest BCUT2D eigenvalue weighted by atomic mass is 10.1. The first kappa shape index (κ1) is 22.0. The van der Waals surface area contributed by atoms with E-state index in [1.165, 1.54) is 6.92 Å². The lowest BCUT2D eigenvalue weighted by Crippen LogP contribution is -2.45. The van der Waals surface area contributed by atoms with Gasteiger partial charge in [0.2, 0.25) is 5.91 Å². The van der Waals surface area contributed by atoms with Crippen molar-refractivity contribution in [2.75, 3.05) is 52.5 Å². The van der Waals surface area contributed by atoms with Gasteiger partial charge in [0.15, 0.2) is 0 Å². The van der Waals surface area contributed by atoms with Crippen molar-refractivity contribution in [2.24, 2.45) is 0 Å². The van der Waals surface area contributed by atoms with Crippen molar-refractivity contribution in [1.82, 2.24) is 15.1 Å². The average molecular weight is 408 g/mol. The largest absolute Gasteiger partial charge is 0.492 e. The Labute approximate surface area is 172 Å². The predicted molar refractivity (Wildman–Crippen MR) is 109 cm³/mol. The van der Waals surface area contributed by atoms with E-state index in [2.05, 4.69) is 10.2 Å². The van der Waals surface area contributed by atoms with Crippen LogP contribution in [-0.4, -0.2) is 96.7 Å². The molecule has 3 N–H and O–H groups in total. The molecule has 0 bridgehead atoms. The summed E-state index contributed by atoms with van der Waals surface area (Å²) in [7, 11) is 0. The fraction of sp³-hybridized carbons (Fsp3) is 0.667. The van der Waals surface area contributed by atoms with Gasteiger partial charge in [0.25, 0.3) is 0 Å². The Kier molecular flexibility index (Phi) is 8.26. The number of aliphatic hydroxyl groups is 2. The molecule has 0 spiro atoms. The highest BCUT2D eigenvalue weighted by Crippen LogP contribution is 2.18. The van der Waals surface area contributed by atoms with Crippen LogP contribution in [0.4, 0.5) is 0 Å².